The fourth-order valence-corrected chi connectivity index (χ4v) is 5.59. The molecule has 0 saturated carbocycles. The summed E-state index contributed by atoms with van der Waals surface area (Å²) in [6.07, 6.45) is 0.814. The van der Waals surface area contributed by atoms with Crippen LogP contribution in [0.25, 0.3) is 0 Å². The lowest BCUT2D eigenvalue weighted by Crippen LogP contribution is -2.60. The van der Waals surface area contributed by atoms with Gasteiger partial charge in [-0.3, -0.25) is 19.3 Å². The largest absolute Gasteiger partial charge is 0.497 e. The predicted molar refractivity (Wildman–Crippen MR) is 151 cm³/mol. The van der Waals surface area contributed by atoms with Gasteiger partial charge in [-0.1, -0.05) is 48.0 Å². The van der Waals surface area contributed by atoms with Gasteiger partial charge in [-0.05, 0) is 55.8 Å². The van der Waals surface area contributed by atoms with E-state index in [0.29, 0.717) is 42.8 Å². The van der Waals surface area contributed by atoms with E-state index in [1.54, 1.807) is 41.2 Å². The van der Waals surface area contributed by atoms with Crippen molar-refractivity contribution < 1.29 is 23.9 Å². The standard InChI is InChI=1S/C32H35N3O5/c1-22-8-7-11-26(20-22)30(37)34-18-16-32(17-19-34)35(31(38)25-12-14-27(39-3)15-13-25)28(21-40-32)29(36)33-23(2)24-9-5-4-6-10-24/h4-15,20,23,28H,16-19,21H2,1-3H3,(H,33,36). The van der Waals surface area contributed by atoms with Gasteiger partial charge in [-0.2, -0.15) is 0 Å². The van der Waals surface area contributed by atoms with Crippen LogP contribution in [0.5, 0.6) is 5.75 Å². The molecule has 2 unspecified atom stereocenters. The number of carbonyl (C=O) groups is 3. The normalized spacial score (nSPS) is 18.8. The zero-order valence-electron chi connectivity index (χ0n) is 23.1. The van der Waals surface area contributed by atoms with E-state index in [2.05, 4.69) is 5.32 Å². The number of hydrogen-bond donors (Lipinski definition) is 1. The van der Waals surface area contributed by atoms with Gasteiger partial charge in [0.2, 0.25) is 5.91 Å². The van der Waals surface area contributed by atoms with E-state index in [4.69, 9.17) is 9.47 Å². The van der Waals surface area contributed by atoms with Crippen LogP contribution in [0.2, 0.25) is 0 Å². The van der Waals surface area contributed by atoms with Crippen molar-refractivity contribution in [3.63, 3.8) is 0 Å². The number of aryl methyl sites for hydroxylation is 1. The number of nitrogens with one attached hydrogen (secondary N) is 1. The molecular formula is C32H35N3O5. The highest BCUT2D eigenvalue weighted by molar-refractivity contribution is 5.99. The first kappa shape index (κ1) is 27.4. The molecule has 3 aromatic carbocycles. The second-order valence-corrected chi connectivity index (χ2v) is 10.5. The third-order valence-corrected chi connectivity index (χ3v) is 7.87. The van der Waals surface area contributed by atoms with E-state index in [-0.39, 0.29) is 30.4 Å². The third kappa shape index (κ3) is 5.45. The minimum absolute atomic E-state index is 0.0458. The van der Waals surface area contributed by atoms with Crippen molar-refractivity contribution in [3.05, 3.63) is 101 Å². The molecule has 2 saturated heterocycles. The lowest BCUT2D eigenvalue weighted by molar-refractivity contribution is -0.128. The van der Waals surface area contributed by atoms with Crippen molar-refractivity contribution in [2.45, 2.75) is 44.5 Å². The zero-order chi connectivity index (χ0) is 28.3. The Morgan fingerprint density at radius 3 is 2.27 bits per heavy atom. The molecule has 2 aliphatic rings. The van der Waals surface area contributed by atoms with Crippen LogP contribution in [-0.2, 0) is 9.53 Å². The quantitative estimate of drug-likeness (QED) is 0.501. The summed E-state index contributed by atoms with van der Waals surface area (Å²) in [6.45, 7) is 4.79. The number of amides is 3. The summed E-state index contributed by atoms with van der Waals surface area (Å²) in [5.74, 6) is 0.0351. The second kappa shape index (κ2) is 11.5. The van der Waals surface area contributed by atoms with Gasteiger partial charge in [-0.15, -0.1) is 0 Å². The first-order valence-electron chi connectivity index (χ1n) is 13.6. The van der Waals surface area contributed by atoms with Gasteiger partial charge in [-0.25, -0.2) is 0 Å². The molecule has 2 aliphatic heterocycles. The highest BCUT2D eigenvalue weighted by Crippen LogP contribution is 2.39. The van der Waals surface area contributed by atoms with Crippen molar-refractivity contribution in [3.8, 4) is 5.75 Å². The van der Waals surface area contributed by atoms with Gasteiger partial charge in [0.15, 0.2) is 0 Å². The van der Waals surface area contributed by atoms with Crippen LogP contribution in [-0.4, -0.2) is 66.1 Å². The summed E-state index contributed by atoms with van der Waals surface area (Å²) in [6, 6.07) is 23.0. The minimum Gasteiger partial charge on any atom is -0.497 e. The maximum Gasteiger partial charge on any atom is 0.256 e. The van der Waals surface area contributed by atoms with Gasteiger partial charge >= 0.3 is 0 Å². The predicted octanol–water partition coefficient (Wildman–Crippen LogP) is 4.35. The van der Waals surface area contributed by atoms with Crippen molar-refractivity contribution in [1.29, 1.82) is 0 Å². The molecule has 2 atom stereocenters. The number of ether oxygens (including phenoxy) is 2. The molecule has 5 rings (SSSR count). The summed E-state index contributed by atoms with van der Waals surface area (Å²) in [5, 5.41) is 3.07. The van der Waals surface area contributed by atoms with Crippen LogP contribution in [0.15, 0.2) is 78.9 Å². The van der Waals surface area contributed by atoms with Gasteiger partial charge in [0.1, 0.15) is 17.5 Å². The van der Waals surface area contributed by atoms with E-state index in [9.17, 15) is 14.4 Å². The Kier molecular flexibility index (Phi) is 7.89. The molecule has 0 aliphatic carbocycles. The Labute approximate surface area is 234 Å². The highest BCUT2D eigenvalue weighted by atomic mass is 16.5. The second-order valence-electron chi connectivity index (χ2n) is 10.5. The van der Waals surface area contributed by atoms with Gasteiger partial charge in [0, 0.05) is 37.1 Å². The summed E-state index contributed by atoms with van der Waals surface area (Å²) in [7, 11) is 1.57. The molecule has 1 spiro atoms. The molecule has 8 heteroatoms. The first-order chi connectivity index (χ1) is 19.3. The Morgan fingerprint density at radius 2 is 1.62 bits per heavy atom. The maximum absolute atomic E-state index is 14.0. The molecule has 0 bridgehead atoms. The van der Waals surface area contributed by atoms with Crippen LogP contribution >= 0.6 is 0 Å². The number of nitrogens with zero attached hydrogens (tertiary/aromatic N) is 2. The fraction of sp³-hybridized carbons (Fsp3) is 0.344. The van der Waals surface area contributed by atoms with E-state index in [1.807, 2.05) is 68.4 Å². The summed E-state index contributed by atoms with van der Waals surface area (Å²) in [4.78, 5) is 44.2. The Balaban J connectivity index is 1.38. The van der Waals surface area contributed by atoms with Crippen LogP contribution in [0.1, 0.15) is 57.7 Å². The van der Waals surface area contributed by atoms with Crippen LogP contribution < -0.4 is 10.1 Å². The average Bonchev–Trinajstić information content (AvgIpc) is 3.35. The summed E-state index contributed by atoms with van der Waals surface area (Å²) in [5.41, 5.74) is 2.09. The zero-order valence-corrected chi connectivity index (χ0v) is 23.1. The number of hydrogen-bond acceptors (Lipinski definition) is 5. The topological polar surface area (TPSA) is 88.2 Å². The Bertz CT molecular complexity index is 1370. The molecule has 2 fully saturated rings. The van der Waals surface area contributed by atoms with Crippen LogP contribution in [0.4, 0.5) is 0 Å². The van der Waals surface area contributed by atoms with Gasteiger partial charge in [0.05, 0.1) is 19.8 Å². The molecule has 3 aromatic rings. The number of benzene rings is 3. The van der Waals surface area contributed by atoms with Crippen molar-refractivity contribution in [2.24, 2.45) is 0 Å². The van der Waals surface area contributed by atoms with Crippen molar-refractivity contribution in [1.82, 2.24) is 15.1 Å². The smallest absolute Gasteiger partial charge is 0.256 e. The number of carbonyl (C=O) groups excluding carboxylic acids is 3. The Hall–Kier alpha value is -4.17. The first-order valence-corrected chi connectivity index (χ1v) is 13.6. The maximum atomic E-state index is 14.0. The molecule has 8 nitrogen and oxygen atoms in total. The molecule has 208 valence electrons. The van der Waals surface area contributed by atoms with E-state index >= 15 is 0 Å². The molecule has 1 N–H and O–H groups in total. The van der Waals surface area contributed by atoms with E-state index in [0.717, 1.165) is 11.1 Å². The average molecular weight is 542 g/mol. The molecular weight excluding hydrogens is 506 g/mol. The molecule has 2 heterocycles. The molecule has 40 heavy (non-hydrogen) atoms. The van der Waals surface area contributed by atoms with E-state index < -0.39 is 11.8 Å². The Morgan fingerprint density at radius 1 is 0.925 bits per heavy atom. The third-order valence-electron chi connectivity index (χ3n) is 7.87. The van der Waals surface area contributed by atoms with Crippen molar-refractivity contribution >= 4 is 17.7 Å². The number of piperidine rings is 1. The fourth-order valence-electron chi connectivity index (χ4n) is 5.59. The SMILES string of the molecule is COc1ccc(C(=O)N2C(C(=O)NC(C)c3ccccc3)COC23CCN(C(=O)c2cccc(C)c2)CC3)cc1. The molecule has 0 aromatic heterocycles. The molecule has 3 amide bonds. The highest BCUT2D eigenvalue weighted by Gasteiger charge is 2.54. The van der Waals surface area contributed by atoms with Gasteiger partial charge < -0.3 is 19.7 Å². The summed E-state index contributed by atoms with van der Waals surface area (Å²) >= 11 is 0. The van der Waals surface area contributed by atoms with Crippen molar-refractivity contribution in [2.75, 3.05) is 26.8 Å². The molecule has 0 radical (unpaired) electrons. The lowest BCUT2D eigenvalue weighted by Gasteiger charge is -2.44. The number of rotatable bonds is 6. The van der Waals surface area contributed by atoms with Gasteiger partial charge in [0.25, 0.3) is 11.8 Å². The van der Waals surface area contributed by atoms with E-state index in [1.165, 1.54) is 0 Å². The minimum atomic E-state index is -0.988. The van der Waals surface area contributed by atoms with Crippen LogP contribution in [0.3, 0.4) is 0 Å². The monoisotopic (exact) mass is 541 g/mol. The number of likely N-dealkylation sites (tertiary alicyclic amines) is 1. The lowest BCUT2D eigenvalue weighted by atomic mass is 9.95. The van der Waals surface area contributed by atoms with Crippen LogP contribution in [0, 0.1) is 6.92 Å². The summed E-state index contributed by atoms with van der Waals surface area (Å²) < 4.78 is 11.6. The number of methoxy groups -OCH3 is 1.